The van der Waals surface area contributed by atoms with Crippen molar-refractivity contribution in [2.24, 2.45) is 0 Å². The van der Waals surface area contributed by atoms with Crippen molar-refractivity contribution in [1.82, 2.24) is 10.2 Å². The topological polar surface area (TPSA) is 41.6 Å². The van der Waals surface area contributed by atoms with Gasteiger partial charge in [0.25, 0.3) is 0 Å². The summed E-state index contributed by atoms with van der Waals surface area (Å²) < 4.78 is 5.97. The Labute approximate surface area is 116 Å². The lowest BCUT2D eigenvalue weighted by Crippen LogP contribution is -2.51. The van der Waals surface area contributed by atoms with Crippen LogP contribution in [0.1, 0.15) is 39.5 Å². The van der Waals surface area contributed by atoms with Crippen LogP contribution in [0, 0.1) is 0 Å². The van der Waals surface area contributed by atoms with Gasteiger partial charge >= 0.3 is 0 Å². The van der Waals surface area contributed by atoms with Crippen LogP contribution in [-0.2, 0) is 9.53 Å². The maximum absolute atomic E-state index is 11.4. The number of hydrogen-bond acceptors (Lipinski definition) is 3. The van der Waals surface area contributed by atoms with Crippen LogP contribution in [0.25, 0.3) is 0 Å². The van der Waals surface area contributed by atoms with Gasteiger partial charge in [-0.1, -0.05) is 11.6 Å². The van der Waals surface area contributed by atoms with Gasteiger partial charge in [0.05, 0.1) is 12.2 Å². The number of likely N-dealkylation sites (tertiary alicyclic amines) is 1. The van der Waals surface area contributed by atoms with Crippen molar-refractivity contribution in [2.45, 2.75) is 45.1 Å². The van der Waals surface area contributed by atoms with E-state index in [9.17, 15) is 4.79 Å². The van der Waals surface area contributed by atoms with E-state index in [-0.39, 0.29) is 11.5 Å². The van der Waals surface area contributed by atoms with E-state index in [2.05, 4.69) is 30.1 Å². The second kappa shape index (κ2) is 6.53. The molecule has 2 aliphatic heterocycles. The fourth-order valence-electron chi connectivity index (χ4n) is 2.80. The van der Waals surface area contributed by atoms with Gasteiger partial charge in [-0.05, 0) is 33.1 Å². The standard InChI is InChI=1S/C15H26N2O2/c1-13(2)4-3-8-17-9-6-15(7-10-17)12-16-14(18)5-11-19-15/h4H,3,5-12H2,1-2H3,(H,16,18). The molecule has 0 aromatic carbocycles. The van der Waals surface area contributed by atoms with E-state index < -0.39 is 0 Å². The molecule has 0 aliphatic carbocycles. The van der Waals surface area contributed by atoms with Crippen LogP contribution in [0.2, 0.25) is 0 Å². The molecule has 0 aromatic heterocycles. The Bertz CT molecular complexity index is 340. The second-order valence-electron chi connectivity index (χ2n) is 5.97. The summed E-state index contributed by atoms with van der Waals surface area (Å²) >= 11 is 0. The maximum Gasteiger partial charge on any atom is 0.222 e. The van der Waals surface area contributed by atoms with Gasteiger partial charge < -0.3 is 15.0 Å². The molecule has 1 N–H and O–H groups in total. The largest absolute Gasteiger partial charge is 0.373 e. The molecule has 1 spiro atoms. The molecule has 2 heterocycles. The van der Waals surface area contributed by atoms with Crippen molar-refractivity contribution in [3.05, 3.63) is 11.6 Å². The normalized spacial score (nSPS) is 23.8. The lowest BCUT2D eigenvalue weighted by atomic mass is 9.91. The molecule has 2 aliphatic rings. The first-order valence-electron chi connectivity index (χ1n) is 7.36. The molecule has 0 aromatic rings. The van der Waals surface area contributed by atoms with Crippen molar-refractivity contribution < 1.29 is 9.53 Å². The molecule has 4 heteroatoms. The Morgan fingerprint density at radius 3 is 2.84 bits per heavy atom. The van der Waals surface area contributed by atoms with Gasteiger partial charge in [0.2, 0.25) is 5.91 Å². The highest BCUT2D eigenvalue weighted by atomic mass is 16.5. The predicted octanol–water partition coefficient (Wildman–Crippen LogP) is 1.71. The van der Waals surface area contributed by atoms with Gasteiger partial charge in [-0.3, -0.25) is 4.79 Å². The van der Waals surface area contributed by atoms with Crippen molar-refractivity contribution in [3.8, 4) is 0 Å². The molecule has 1 amide bonds. The monoisotopic (exact) mass is 266 g/mol. The van der Waals surface area contributed by atoms with E-state index >= 15 is 0 Å². The molecule has 0 bridgehead atoms. The number of carbonyl (C=O) groups excluding carboxylic acids is 1. The van der Waals surface area contributed by atoms with Gasteiger partial charge in [0.15, 0.2) is 0 Å². The Balaban J connectivity index is 1.78. The number of amides is 1. The lowest BCUT2D eigenvalue weighted by molar-refractivity contribution is -0.120. The van der Waals surface area contributed by atoms with Crippen molar-refractivity contribution in [3.63, 3.8) is 0 Å². The summed E-state index contributed by atoms with van der Waals surface area (Å²) in [6, 6.07) is 0. The van der Waals surface area contributed by atoms with E-state index in [1.807, 2.05) is 0 Å². The van der Waals surface area contributed by atoms with Crippen molar-refractivity contribution in [2.75, 3.05) is 32.8 Å². The zero-order valence-corrected chi connectivity index (χ0v) is 12.2. The summed E-state index contributed by atoms with van der Waals surface area (Å²) in [6.07, 6.45) is 6.00. The third-order valence-electron chi connectivity index (χ3n) is 4.11. The van der Waals surface area contributed by atoms with Crippen LogP contribution < -0.4 is 5.32 Å². The molecule has 108 valence electrons. The van der Waals surface area contributed by atoms with Crippen LogP contribution in [0.3, 0.4) is 0 Å². The average Bonchev–Trinajstić information content (AvgIpc) is 2.55. The first-order chi connectivity index (χ1) is 9.10. The summed E-state index contributed by atoms with van der Waals surface area (Å²) in [5, 5.41) is 2.99. The number of piperidine rings is 1. The molecule has 4 nitrogen and oxygen atoms in total. The van der Waals surface area contributed by atoms with Crippen LogP contribution in [0.4, 0.5) is 0 Å². The van der Waals surface area contributed by atoms with E-state index in [0.717, 1.165) is 38.9 Å². The summed E-state index contributed by atoms with van der Waals surface area (Å²) in [7, 11) is 0. The van der Waals surface area contributed by atoms with E-state index in [0.29, 0.717) is 19.6 Å². The Morgan fingerprint density at radius 2 is 2.16 bits per heavy atom. The Hall–Kier alpha value is -0.870. The lowest BCUT2D eigenvalue weighted by Gasteiger charge is -2.40. The molecule has 2 rings (SSSR count). The van der Waals surface area contributed by atoms with Crippen LogP contribution in [0.5, 0.6) is 0 Å². The zero-order chi connectivity index (χ0) is 13.7. The molecular formula is C15H26N2O2. The van der Waals surface area contributed by atoms with E-state index in [4.69, 9.17) is 4.74 Å². The molecule has 19 heavy (non-hydrogen) atoms. The van der Waals surface area contributed by atoms with E-state index in [1.165, 1.54) is 5.57 Å². The van der Waals surface area contributed by atoms with E-state index in [1.54, 1.807) is 0 Å². The fourth-order valence-corrected chi connectivity index (χ4v) is 2.80. The quantitative estimate of drug-likeness (QED) is 0.791. The summed E-state index contributed by atoms with van der Waals surface area (Å²) in [6.45, 7) is 8.84. The predicted molar refractivity (Wildman–Crippen MR) is 76.0 cm³/mol. The highest BCUT2D eigenvalue weighted by Gasteiger charge is 2.37. The summed E-state index contributed by atoms with van der Waals surface area (Å²) in [4.78, 5) is 13.9. The molecule has 0 unspecified atom stereocenters. The maximum atomic E-state index is 11.4. The minimum atomic E-state index is -0.0980. The van der Waals surface area contributed by atoms with Gasteiger partial charge in [0.1, 0.15) is 0 Å². The third kappa shape index (κ3) is 4.32. The molecule has 0 atom stereocenters. The van der Waals surface area contributed by atoms with Gasteiger partial charge in [-0.25, -0.2) is 0 Å². The third-order valence-corrected chi connectivity index (χ3v) is 4.11. The second-order valence-corrected chi connectivity index (χ2v) is 5.97. The number of hydrogen-bond donors (Lipinski definition) is 1. The number of ether oxygens (including phenoxy) is 1. The van der Waals surface area contributed by atoms with Gasteiger partial charge in [0, 0.05) is 32.6 Å². The average molecular weight is 266 g/mol. The van der Waals surface area contributed by atoms with Crippen molar-refractivity contribution >= 4 is 5.91 Å². The molecular weight excluding hydrogens is 240 g/mol. The smallest absolute Gasteiger partial charge is 0.222 e. The molecule has 0 saturated carbocycles. The van der Waals surface area contributed by atoms with Crippen molar-refractivity contribution in [1.29, 1.82) is 0 Å². The summed E-state index contributed by atoms with van der Waals surface area (Å²) in [5.74, 6) is 0.128. The first-order valence-corrected chi connectivity index (χ1v) is 7.36. The minimum Gasteiger partial charge on any atom is -0.373 e. The highest BCUT2D eigenvalue weighted by molar-refractivity contribution is 5.76. The van der Waals surface area contributed by atoms with Crippen LogP contribution in [0.15, 0.2) is 11.6 Å². The summed E-state index contributed by atoms with van der Waals surface area (Å²) in [5.41, 5.74) is 1.29. The number of allylic oxidation sites excluding steroid dienone is 1. The molecule has 0 radical (unpaired) electrons. The van der Waals surface area contributed by atoms with Gasteiger partial charge in [-0.15, -0.1) is 0 Å². The minimum absolute atomic E-state index is 0.0980. The first kappa shape index (κ1) is 14.5. The van der Waals surface area contributed by atoms with Crippen LogP contribution in [-0.4, -0.2) is 49.2 Å². The number of nitrogens with one attached hydrogen (secondary N) is 1. The highest BCUT2D eigenvalue weighted by Crippen LogP contribution is 2.27. The Kier molecular flexibility index (Phi) is 4.99. The SMILES string of the molecule is CC(C)=CCCN1CCC2(CC1)CNC(=O)CCO2. The van der Waals surface area contributed by atoms with Gasteiger partial charge in [-0.2, -0.15) is 0 Å². The molecule has 2 saturated heterocycles. The number of rotatable bonds is 3. The Morgan fingerprint density at radius 1 is 1.42 bits per heavy atom. The fraction of sp³-hybridized carbons (Fsp3) is 0.800. The number of carbonyl (C=O) groups is 1. The molecule has 2 fully saturated rings. The number of nitrogens with zero attached hydrogens (tertiary/aromatic N) is 1. The zero-order valence-electron chi connectivity index (χ0n) is 12.2. The van der Waals surface area contributed by atoms with Crippen LogP contribution >= 0.6 is 0 Å².